The number of aromatic hydroxyl groups is 1. The van der Waals surface area contributed by atoms with Crippen LogP contribution in [0, 0.1) is 0 Å². The highest BCUT2D eigenvalue weighted by molar-refractivity contribution is 7.80. The fraction of sp³-hybridized carbons (Fsp3) is 0.130. The molecule has 2 N–H and O–H groups in total. The van der Waals surface area contributed by atoms with Gasteiger partial charge in [-0.25, -0.2) is 5.01 Å². The molecule has 1 heterocycles. The lowest BCUT2D eigenvalue weighted by Crippen LogP contribution is -2.31. The summed E-state index contributed by atoms with van der Waals surface area (Å²) in [7, 11) is 1.64. The molecule has 1 unspecified atom stereocenters. The number of hydrogen-bond donors (Lipinski definition) is 2. The number of phenols is 1. The molecule has 6 heteroatoms. The molecule has 29 heavy (non-hydrogen) atoms. The van der Waals surface area contributed by atoms with E-state index in [1.165, 1.54) is 0 Å². The van der Waals surface area contributed by atoms with Gasteiger partial charge in [-0.3, -0.25) is 0 Å². The number of anilines is 1. The normalized spacial score (nSPS) is 15.7. The largest absolute Gasteiger partial charge is 0.508 e. The number of benzene rings is 3. The van der Waals surface area contributed by atoms with Crippen LogP contribution in [0.15, 0.2) is 84.0 Å². The summed E-state index contributed by atoms with van der Waals surface area (Å²) in [5.41, 5.74) is 3.95. The second-order valence-corrected chi connectivity index (χ2v) is 7.11. The molecule has 1 aliphatic heterocycles. The minimum atomic E-state index is -0.0518. The van der Waals surface area contributed by atoms with Crippen molar-refractivity contribution in [1.82, 2.24) is 5.01 Å². The Morgan fingerprint density at radius 1 is 1.03 bits per heavy atom. The van der Waals surface area contributed by atoms with Gasteiger partial charge in [-0.15, -0.1) is 0 Å². The number of hydrogen-bond acceptors (Lipinski definition) is 4. The quantitative estimate of drug-likeness (QED) is 0.604. The molecule has 0 amide bonds. The van der Waals surface area contributed by atoms with Crippen molar-refractivity contribution in [1.29, 1.82) is 0 Å². The van der Waals surface area contributed by atoms with Crippen LogP contribution in [0.3, 0.4) is 0 Å². The molecule has 0 radical (unpaired) electrons. The summed E-state index contributed by atoms with van der Waals surface area (Å²) in [6.45, 7) is 0. The van der Waals surface area contributed by atoms with Gasteiger partial charge < -0.3 is 15.2 Å². The minimum absolute atomic E-state index is 0.0518. The number of hydrazone groups is 1. The molecule has 1 atom stereocenters. The van der Waals surface area contributed by atoms with E-state index in [0.29, 0.717) is 5.11 Å². The lowest BCUT2D eigenvalue weighted by molar-refractivity contribution is 0.375. The second kappa shape index (κ2) is 8.32. The number of phenolic OH excluding ortho intramolecular Hbond substituents is 1. The second-order valence-electron chi connectivity index (χ2n) is 6.73. The van der Waals surface area contributed by atoms with Gasteiger partial charge in [0.1, 0.15) is 11.5 Å². The van der Waals surface area contributed by atoms with E-state index in [0.717, 1.165) is 34.7 Å². The number of ether oxygens (including phenoxy) is 1. The van der Waals surface area contributed by atoms with Crippen LogP contribution in [0.5, 0.6) is 11.5 Å². The summed E-state index contributed by atoms with van der Waals surface area (Å²) in [4.78, 5) is 0. The molecule has 5 nitrogen and oxygen atoms in total. The zero-order chi connectivity index (χ0) is 20.2. The van der Waals surface area contributed by atoms with Crippen molar-refractivity contribution in [2.24, 2.45) is 5.10 Å². The molecule has 3 aromatic carbocycles. The van der Waals surface area contributed by atoms with Gasteiger partial charge >= 0.3 is 0 Å². The molecule has 0 aliphatic carbocycles. The van der Waals surface area contributed by atoms with Crippen molar-refractivity contribution in [3.63, 3.8) is 0 Å². The Balaban J connectivity index is 1.62. The van der Waals surface area contributed by atoms with E-state index < -0.39 is 0 Å². The Hall–Kier alpha value is -3.38. The maximum atomic E-state index is 9.65. The Morgan fingerprint density at radius 3 is 2.38 bits per heavy atom. The molecule has 146 valence electrons. The number of nitrogens with one attached hydrogen (secondary N) is 1. The predicted molar refractivity (Wildman–Crippen MR) is 119 cm³/mol. The Kier molecular flexibility index (Phi) is 5.44. The number of nitrogens with zero attached hydrogens (tertiary/aromatic N) is 2. The zero-order valence-corrected chi connectivity index (χ0v) is 16.8. The van der Waals surface area contributed by atoms with Gasteiger partial charge in [0, 0.05) is 12.1 Å². The topological polar surface area (TPSA) is 57.1 Å². The van der Waals surface area contributed by atoms with Crippen LogP contribution in [-0.2, 0) is 0 Å². The molecule has 3 aromatic rings. The summed E-state index contributed by atoms with van der Waals surface area (Å²) in [6.07, 6.45) is 0.721. The highest BCUT2D eigenvalue weighted by Gasteiger charge is 2.31. The monoisotopic (exact) mass is 403 g/mol. The van der Waals surface area contributed by atoms with Gasteiger partial charge in [-0.2, -0.15) is 5.10 Å². The molecule has 4 rings (SSSR count). The van der Waals surface area contributed by atoms with Gasteiger partial charge in [-0.1, -0.05) is 42.5 Å². The van der Waals surface area contributed by atoms with Crippen LogP contribution in [-0.4, -0.2) is 28.0 Å². The average molecular weight is 404 g/mol. The first kappa shape index (κ1) is 19.0. The van der Waals surface area contributed by atoms with Crippen molar-refractivity contribution in [3.8, 4) is 11.5 Å². The zero-order valence-electron chi connectivity index (χ0n) is 15.9. The third-order valence-electron chi connectivity index (χ3n) is 4.84. The van der Waals surface area contributed by atoms with Crippen LogP contribution in [0.25, 0.3) is 0 Å². The Labute approximate surface area is 175 Å². The molecule has 0 saturated heterocycles. The number of rotatable bonds is 4. The molecule has 0 aromatic heterocycles. The highest BCUT2D eigenvalue weighted by atomic mass is 32.1. The molecular weight excluding hydrogens is 382 g/mol. The van der Waals surface area contributed by atoms with Crippen LogP contribution in [0.4, 0.5) is 5.69 Å². The first-order valence-electron chi connectivity index (χ1n) is 9.30. The molecule has 0 spiro atoms. The average Bonchev–Trinajstić information content (AvgIpc) is 3.21. The third kappa shape index (κ3) is 4.22. The van der Waals surface area contributed by atoms with E-state index in [1.54, 1.807) is 19.2 Å². The lowest BCUT2D eigenvalue weighted by atomic mass is 9.98. The van der Waals surface area contributed by atoms with E-state index in [1.807, 2.05) is 59.6 Å². The summed E-state index contributed by atoms with van der Waals surface area (Å²) >= 11 is 5.69. The van der Waals surface area contributed by atoms with Crippen molar-refractivity contribution in [3.05, 3.63) is 90.0 Å². The summed E-state index contributed by atoms with van der Waals surface area (Å²) in [5, 5.41) is 20.1. The smallest absolute Gasteiger partial charge is 0.194 e. The maximum Gasteiger partial charge on any atom is 0.194 e. The van der Waals surface area contributed by atoms with E-state index in [9.17, 15) is 5.11 Å². The van der Waals surface area contributed by atoms with Gasteiger partial charge in [0.15, 0.2) is 5.11 Å². The highest BCUT2D eigenvalue weighted by Crippen LogP contribution is 2.34. The first-order chi connectivity index (χ1) is 14.1. The fourth-order valence-electron chi connectivity index (χ4n) is 3.31. The number of thiocarbonyl (C=S) groups is 1. The minimum Gasteiger partial charge on any atom is -0.508 e. The van der Waals surface area contributed by atoms with Crippen LogP contribution in [0.2, 0.25) is 0 Å². The molecule has 1 aliphatic rings. The van der Waals surface area contributed by atoms with Crippen molar-refractivity contribution < 1.29 is 9.84 Å². The van der Waals surface area contributed by atoms with Crippen LogP contribution >= 0.6 is 12.2 Å². The number of methoxy groups -OCH3 is 1. The van der Waals surface area contributed by atoms with Crippen LogP contribution in [0.1, 0.15) is 23.6 Å². The van der Waals surface area contributed by atoms with E-state index in [2.05, 4.69) is 17.4 Å². The predicted octanol–water partition coefficient (Wildman–Crippen LogP) is 4.95. The molecular formula is C23H21N3O2S. The summed E-state index contributed by atoms with van der Waals surface area (Å²) < 4.78 is 5.21. The van der Waals surface area contributed by atoms with E-state index in [4.69, 9.17) is 22.1 Å². The fourth-order valence-corrected chi connectivity index (χ4v) is 3.60. The molecule has 0 bridgehead atoms. The van der Waals surface area contributed by atoms with E-state index >= 15 is 0 Å². The Bertz CT molecular complexity index is 1020. The van der Waals surface area contributed by atoms with E-state index in [-0.39, 0.29) is 11.8 Å². The third-order valence-corrected chi connectivity index (χ3v) is 5.13. The van der Waals surface area contributed by atoms with Gasteiger partial charge in [0.2, 0.25) is 0 Å². The van der Waals surface area contributed by atoms with Gasteiger partial charge in [0.25, 0.3) is 0 Å². The standard InChI is InChI=1S/C23H21N3O2S/c1-28-20-13-9-18(10-14-20)24-23(29)26-22(17-7-11-19(27)12-8-17)15-21(25-26)16-5-3-2-4-6-16/h2-14,22,27H,15H2,1H3,(H,24,29). The van der Waals surface area contributed by atoms with Crippen molar-refractivity contribution in [2.45, 2.75) is 12.5 Å². The van der Waals surface area contributed by atoms with Crippen molar-refractivity contribution in [2.75, 3.05) is 12.4 Å². The van der Waals surface area contributed by atoms with Gasteiger partial charge in [-0.05, 0) is 59.7 Å². The van der Waals surface area contributed by atoms with Gasteiger partial charge in [0.05, 0.1) is 18.9 Å². The van der Waals surface area contributed by atoms with Crippen LogP contribution < -0.4 is 10.1 Å². The lowest BCUT2D eigenvalue weighted by Gasteiger charge is -2.25. The Morgan fingerprint density at radius 2 is 1.72 bits per heavy atom. The molecule has 0 saturated carbocycles. The summed E-state index contributed by atoms with van der Waals surface area (Å²) in [5.74, 6) is 1.02. The molecule has 0 fully saturated rings. The van der Waals surface area contributed by atoms with Crippen molar-refractivity contribution >= 4 is 28.7 Å². The SMILES string of the molecule is COc1ccc(NC(=S)N2N=C(c3ccccc3)CC2c2ccc(O)cc2)cc1. The first-order valence-corrected chi connectivity index (χ1v) is 9.71. The maximum absolute atomic E-state index is 9.65. The summed E-state index contributed by atoms with van der Waals surface area (Å²) in [6, 6.07) is 24.8.